The van der Waals surface area contributed by atoms with E-state index in [0.29, 0.717) is 0 Å². The fourth-order valence-electron chi connectivity index (χ4n) is 3.39. The van der Waals surface area contributed by atoms with Gasteiger partial charge in [-0.15, -0.1) is 0 Å². The van der Waals surface area contributed by atoms with Crippen molar-refractivity contribution in [3.05, 3.63) is 108 Å². The molecule has 0 spiro atoms. The molecule has 0 N–H and O–H groups in total. The Labute approximate surface area is 155 Å². The lowest BCUT2D eigenvalue weighted by molar-refractivity contribution is 1.46. The highest BCUT2D eigenvalue weighted by atomic mass is 14.1. The SMILES string of the molecule is Cc1ccc(-c2ccccc2-c2ccc(-c3cccc(C)c3)cc2)cc1. The van der Waals surface area contributed by atoms with Crippen LogP contribution < -0.4 is 0 Å². The van der Waals surface area contributed by atoms with Gasteiger partial charge >= 0.3 is 0 Å². The first-order valence-corrected chi connectivity index (χ1v) is 9.04. The Kier molecular flexibility index (Phi) is 4.41. The summed E-state index contributed by atoms with van der Waals surface area (Å²) in [6.07, 6.45) is 0. The number of rotatable bonds is 3. The third-order valence-electron chi connectivity index (χ3n) is 4.84. The van der Waals surface area contributed by atoms with Gasteiger partial charge in [0.2, 0.25) is 0 Å². The van der Waals surface area contributed by atoms with Crippen LogP contribution in [-0.4, -0.2) is 0 Å². The molecule has 0 aliphatic rings. The topological polar surface area (TPSA) is 0 Å². The summed E-state index contributed by atoms with van der Waals surface area (Å²) in [6.45, 7) is 4.26. The summed E-state index contributed by atoms with van der Waals surface area (Å²) in [5.74, 6) is 0. The molecule has 0 radical (unpaired) electrons. The van der Waals surface area contributed by atoms with Crippen molar-refractivity contribution in [3.8, 4) is 33.4 Å². The van der Waals surface area contributed by atoms with Crippen molar-refractivity contribution in [2.24, 2.45) is 0 Å². The average molecular weight is 334 g/mol. The third kappa shape index (κ3) is 3.32. The lowest BCUT2D eigenvalue weighted by Gasteiger charge is -2.11. The van der Waals surface area contributed by atoms with E-state index in [2.05, 4.69) is 111 Å². The molecule has 126 valence electrons. The molecule has 4 aromatic rings. The Morgan fingerprint density at radius 3 is 1.50 bits per heavy atom. The highest BCUT2D eigenvalue weighted by Gasteiger charge is 2.07. The Morgan fingerprint density at radius 2 is 0.923 bits per heavy atom. The van der Waals surface area contributed by atoms with Crippen molar-refractivity contribution in [3.63, 3.8) is 0 Å². The summed E-state index contributed by atoms with van der Waals surface area (Å²) >= 11 is 0. The van der Waals surface area contributed by atoms with E-state index in [1.807, 2.05) is 0 Å². The van der Waals surface area contributed by atoms with Crippen molar-refractivity contribution >= 4 is 0 Å². The Bertz CT molecular complexity index is 1020. The monoisotopic (exact) mass is 334 g/mol. The minimum atomic E-state index is 1.25. The predicted octanol–water partition coefficient (Wildman–Crippen LogP) is 7.30. The average Bonchev–Trinajstić information content (AvgIpc) is 2.69. The van der Waals surface area contributed by atoms with E-state index in [1.54, 1.807) is 0 Å². The number of benzene rings is 4. The van der Waals surface area contributed by atoms with E-state index in [1.165, 1.54) is 44.5 Å². The molecule has 0 heteroatoms. The van der Waals surface area contributed by atoms with Crippen molar-refractivity contribution < 1.29 is 0 Å². The Balaban J connectivity index is 1.73. The van der Waals surface area contributed by atoms with E-state index in [9.17, 15) is 0 Å². The standard InChI is InChI=1S/C26H22/c1-19-10-12-22(13-11-19)25-8-3-4-9-26(25)23-16-14-21(15-17-23)24-7-5-6-20(2)18-24/h3-18H,1-2H3. The number of hydrogen-bond donors (Lipinski definition) is 0. The molecule has 0 heterocycles. The van der Waals surface area contributed by atoms with Crippen LogP contribution in [-0.2, 0) is 0 Å². The van der Waals surface area contributed by atoms with E-state index in [4.69, 9.17) is 0 Å². The summed E-state index contributed by atoms with van der Waals surface area (Å²) in [5.41, 5.74) is 10.1. The second-order valence-corrected chi connectivity index (χ2v) is 6.86. The smallest absolute Gasteiger partial charge is 0.0105 e. The van der Waals surface area contributed by atoms with Gasteiger partial charge in [0.05, 0.1) is 0 Å². The molecule has 0 saturated heterocycles. The van der Waals surface area contributed by atoms with Crippen LogP contribution >= 0.6 is 0 Å². The molecule has 0 aromatic heterocycles. The highest BCUT2D eigenvalue weighted by molar-refractivity contribution is 5.84. The van der Waals surface area contributed by atoms with Gasteiger partial charge in [0.15, 0.2) is 0 Å². The second kappa shape index (κ2) is 7.01. The van der Waals surface area contributed by atoms with Gasteiger partial charge < -0.3 is 0 Å². The zero-order valence-electron chi connectivity index (χ0n) is 15.2. The lowest BCUT2D eigenvalue weighted by atomic mass is 9.93. The van der Waals surface area contributed by atoms with Crippen LogP contribution in [0.25, 0.3) is 33.4 Å². The number of hydrogen-bond acceptors (Lipinski definition) is 0. The molecule has 0 nitrogen and oxygen atoms in total. The Morgan fingerprint density at radius 1 is 0.385 bits per heavy atom. The van der Waals surface area contributed by atoms with Gasteiger partial charge in [0.25, 0.3) is 0 Å². The lowest BCUT2D eigenvalue weighted by Crippen LogP contribution is -1.86. The zero-order chi connectivity index (χ0) is 17.9. The van der Waals surface area contributed by atoms with Gasteiger partial charge in [-0.05, 0) is 47.2 Å². The molecule has 4 aromatic carbocycles. The summed E-state index contributed by atoms with van der Waals surface area (Å²) in [4.78, 5) is 0. The van der Waals surface area contributed by atoms with E-state index < -0.39 is 0 Å². The molecular formula is C26H22. The first kappa shape index (κ1) is 16.4. The molecule has 0 saturated carbocycles. The largest absolute Gasteiger partial charge is 0.0616 e. The molecule has 0 bridgehead atoms. The Hall–Kier alpha value is -3.12. The fraction of sp³-hybridized carbons (Fsp3) is 0.0769. The molecule has 0 fully saturated rings. The first-order valence-electron chi connectivity index (χ1n) is 9.04. The van der Waals surface area contributed by atoms with Gasteiger partial charge in [-0.2, -0.15) is 0 Å². The minimum Gasteiger partial charge on any atom is -0.0616 e. The van der Waals surface area contributed by atoms with Crippen molar-refractivity contribution in [1.29, 1.82) is 0 Å². The zero-order valence-corrected chi connectivity index (χ0v) is 15.2. The van der Waals surface area contributed by atoms with Crippen LogP contribution in [0, 0.1) is 13.8 Å². The summed E-state index contributed by atoms with van der Waals surface area (Å²) < 4.78 is 0. The maximum absolute atomic E-state index is 2.23. The van der Waals surface area contributed by atoms with Gasteiger partial charge in [-0.1, -0.05) is 108 Å². The van der Waals surface area contributed by atoms with Crippen molar-refractivity contribution in [2.75, 3.05) is 0 Å². The van der Waals surface area contributed by atoms with Crippen LogP contribution in [0.15, 0.2) is 97.1 Å². The molecule has 0 amide bonds. The fourth-order valence-corrected chi connectivity index (χ4v) is 3.39. The van der Waals surface area contributed by atoms with Gasteiger partial charge in [0, 0.05) is 0 Å². The maximum atomic E-state index is 2.23. The van der Waals surface area contributed by atoms with E-state index in [0.717, 1.165) is 0 Å². The highest BCUT2D eigenvalue weighted by Crippen LogP contribution is 2.33. The molecule has 26 heavy (non-hydrogen) atoms. The van der Waals surface area contributed by atoms with Crippen LogP contribution in [0.4, 0.5) is 0 Å². The van der Waals surface area contributed by atoms with Crippen molar-refractivity contribution in [1.82, 2.24) is 0 Å². The van der Waals surface area contributed by atoms with Crippen LogP contribution in [0.3, 0.4) is 0 Å². The molecule has 0 aliphatic heterocycles. The molecule has 0 atom stereocenters. The second-order valence-electron chi connectivity index (χ2n) is 6.86. The normalized spacial score (nSPS) is 10.7. The van der Waals surface area contributed by atoms with Crippen LogP contribution in [0.2, 0.25) is 0 Å². The molecular weight excluding hydrogens is 312 g/mol. The summed E-state index contributed by atoms with van der Waals surface area (Å²) in [7, 11) is 0. The summed E-state index contributed by atoms with van der Waals surface area (Å²) in [5, 5.41) is 0. The minimum absolute atomic E-state index is 1.25. The van der Waals surface area contributed by atoms with Crippen LogP contribution in [0.1, 0.15) is 11.1 Å². The van der Waals surface area contributed by atoms with E-state index >= 15 is 0 Å². The van der Waals surface area contributed by atoms with Crippen LogP contribution in [0.5, 0.6) is 0 Å². The maximum Gasteiger partial charge on any atom is -0.0105 e. The van der Waals surface area contributed by atoms with E-state index in [-0.39, 0.29) is 0 Å². The molecule has 0 unspecified atom stereocenters. The number of aryl methyl sites for hydroxylation is 2. The van der Waals surface area contributed by atoms with Gasteiger partial charge in [-0.3, -0.25) is 0 Å². The van der Waals surface area contributed by atoms with Crippen molar-refractivity contribution in [2.45, 2.75) is 13.8 Å². The third-order valence-corrected chi connectivity index (χ3v) is 4.84. The first-order chi connectivity index (χ1) is 12.7. The van der Waals surface area contributed by atoms with Gasteiger partial charge in [0.1, 0.15) is 0 Å². The molecule has 4 rings (SSSR count). The summed E-state index contributed by atoms with van der Waals surface area (Å²) in [6, 6.07) is 34.9. The predicted molar refractivity (Wildman–Crippen MR) is 112 cm³/mol. The quantitative estimate of drug-likeness (QED) is 0.368. The van der Waals surface area contributed by atoms with Gasteiger partial charge in [-0.25, -0.2) is 0 Å². The molecule has 0 aliphatic carbocycles.